The highest BCUT2D eigenvalue weighted by atomic mass is 32.1. The highest BCUT2D eigenvalue weighted by Gasteiger charge is 2.26. The summed E-state index contributed by atoms with van der Waals surface area (Å²) in [4.78, 5) is 21.1. The van der Waals surface area contributed by atoms with Crippen molar-refractivity contribution in [3.63, 3.8) is 0 Å². The molecule has 0 fully saturated rings. The second-order valence-electron chi connectivity index (χ2n) is 26.8. The molecule has 6 heterocycles. The molecule has 106 heavy (non-hydrogen) atoms. The molecule has 0 spiro atoms. The molecule has 0 aliphatic heterocycles. The van der Waals surface area contributed by atoms with Crippen LogP contribution in [0.15, 0.2) is 376 Å². The molecule has 0 N–H and O–H groups in total. The second-order valence-corrected chi connectivity index (χ2v) is 28.9. The Morgan fingerprint density at radius 1 is 0.208 bits per heavy atom. The molecule has 0 aliphatic carbocycles. The van der Waals surface area contributed by atoms with Gasteiger partial charge in [0.15, 0.2) is 5.82 Å². The highest BCUT2D eigenvalue weighted by Crippen LogP contribution is 2.50. The summed E-state index contributed by atoms with van der Waals surface area (Å²) < 4.78 is 9.74. The minimum atomic E-state index is 0.654. The van der Waals surface area contributed by atoms with Gasteiger partial charge in [-0.2, -0.15) is 0 Å². The van der Waals surface area contributed by atoms with Gasteiger partial charge >= 0.3 is 0 Å². The SMILES string of the molecule is c1ccc(-c2ccc3sc4c(-c5ccccc5)cc5c(c6cc(-c7ccccc7)ccc6n5-c5cc(-c6ccccc6)nc(-c6ccccc6)n5)c4c3c2)cc1.c1ccc(-c2ccc3sc4ccc5c(c6cc(-c7ccccc7)ccc6n5-c5nc(-c6ccccc6)cc(-c6ccccc6)n5)c4c3c2)cc1. The average molecular weight is 1390 g/mol. The lowest BCUT2D eigenvalue weighted by atomic mass is 9.96. The molecule has 0 bridgehead atoms. The third-order valence-corrected chi connectivity index (χ3v) is 22.8. The van der Waals surface area contributed by atoms with Gasteiger partial charge in [0.05, 0.1) is 39.1 Å². The van der Waals surface area contributed by atoms with Gasteiger partial charge in [-0.05, 0) is 123 Å². The van der Waals surface area contributed by atoms with Crippen LogP contribution in [0.3, 0.4) is 0 Å². The van der Waals surface area contributed by atoms with E-state index in [4.69, 9.17) is 19.9 Å². The van der Waals surface area contributed by atoms with E-state index in [0.29, 0.717) is 11.8 Å². The van der Waals surface area contributed by atoms with E-state index in [9.17, 15) is 0 Å². The Balaban J connectivity index is 0.000000141. The Labute approximate surface area is 620 Å². The molecule has 8 heteroatoms. The first-order valence-electron chi connectivity index (χ1n) is 35.7. The largest absolute Gasteiger partial charge is 0.294 e. The molecule has 21 rings (SSSR count). The molecule has 6 aromatic heterocycles. The predicted octanol–water partition coefficient (Wildman–Crippen LogP) is 26.9. The van der Waals surface area contributed by atoms with Crippen LogP contribution in [0, 0.1) is 0 Å². The van der Waals surface area contributed by atoms with E-state index < -0.39 is 0 Å². The number of nitrogens with zero attached hydrogens (tertiary/aromatic N) is 6. The highest BCUT2D eigenvalue weighted by molar-refractivity contribution is 7.26. The van der Waals surface area contributed by atoms with E-state index in [-0.39, 0.29) is 0 Å². The van der Waals surface area contributed by atoms with Crippen molar-refractivity contribution in [2.75, 3.05) is 0 Å². The fourth-order valence-electron chi connectivity index (χ4n) is 15.4. The third-order valence-electron chi connectivity index (χ3n) is 20.4. The second kappa shape index (κ2) is 26.4. The van der Waals surface area contributed by atoms with Crippen molar-refractivity contribution in [3.05, 3.63) is 376 Å². The average Bonchev–Trinajstić information content (AvgIpc) is 1.55. The number of hydrogen-bond donors (Lipinski definition) is 0. The zero-order chi connectivity index (χ0) is 70.0. The zero-order valence-electron chi connectivity index (χ0n) is 57.3. The van der Waals surface area contributed by atoms with Crippen LogP contribution >= 0.6 is 22.7 Å². The fourth-order valence-corrected chi connectivity index (χ4v) is 17.8. The van der Waals surface area contributed by atoms with Crippen LogP contribution in [0.4, 0.5) is 0 Å². The van der Waals surface area contributed by atoms with Crippen LogP contribution in [0.1, 0.15) is 0 Å². The monoisotopic (exact) mass is 1390 g/mol. The maximum Gasteiger partial charge on any atom is 0.235 e. The minimum Gasteiger partial charge on any atom is -0.294 e. The van der Waals surface area contributed by atoms with Crippen molar-refractivity contribution in [2.45, 2.75) is 0 Å². The summed E-state index contributed by atoms with van der Waals surface area (Å²) >= 11 is 3.73. The van der Waals surface area contributed by atoms with Gasteiger partial charge in [0.25, 0.3) is 0 Å². The molecule has 0 unspecified atom stereocenters. The first-order chi connectivity index (χ1) is 52.5. The molecule has 0 saturated carbocycles. The van der Waals surface area contributed by atoms with Crippen molar-refractivity contribution >= 4 is 107 Å². The number of thiophene rings is 2. The summed E-state index contributed by atoms with van der Waals surface area (Å²) in [6, 6.07) is 134. The van der Waals surface area contributed by atoms with Crippen molar-refractivity contribution in [1.82, 2.24) is 29.1 Å². The van der Waals surface area contributed by atoms with Gasteiger partial charge in [-0.1, -0.05) is 297 Å². The lowest BCUT2D eigenvalue weighted by molar-refractivity contribution is 0.996. The quantitative estimate of drug-likeness (QED) is 0.129. The van der Waals surface area contributed by atoms with E-state index in [2.05, 4.69) is 349 Å². The van der Waals surface area contributed by atoms with Crippen LogP contribution < -0.4 is 0 Å². The van der Waals surface area contributed by atoms with Crippen LogP contribution in [0.5, 0.6) is 0 Å². The molecule has 15 aromatic carbocycles. The summed E-state index contributed by atoms with van der Waals surface area (Å²) in [6.45, 7) is 0. The first-order valence-corrected chi connectivity index (χ1v) is 37.4. The number of fused-ring (bicyclic) bond motifs is 14. The minimum absolute atomic E-state index is 0.654. The van der Waals surface area contributed by atoms with Gasteiger partial charge in [0, 0.05) is 95.8 Å². The van der Waals surface area contributed by atoms with Gasteiger partial charge in [0.1, 0.15) is 5.82 Å². The maximum atomic E-state index is 5.39. The van der Waals surface area contributed by atoms with Crippen LogP contribution in [0.2, 0.25) is 0 Å². The zero-order valence-corrected chi connectivity index (χ0v) is 58.9. The van der Waals surface area contributed by atoms with Crippen LogP contribution in [0.25, 0.3) is 197 Å². The predicted molar refractivity (Wildman–Crippen MR) is 447 cm³/mol. The lowest BCUT2D eigenvalue weighted by Crippen LogP contribution is -2.04. The Morgan fingerprint density at radius 3 is 1.04 bits per heavy atom. The number of hydrogen-bond acceptors (Lipinski definition) is 6. The Kier molecular flexibility index (Phi) is 15.5. The molecular formula is C98H62N6S2. The van der Waals surface area contributed by atoms with E-state index in [1.165, 1.54) is 118 Å². The van der Waals surface area contributed by atoms with Gasteiger partial charge in [0.2, 0.25) is 5.95 Å². The summed E-state index contributed by atoms with van der Waals surface area (Å²) in [5.74, 6) is 2.17. The molecule has 0 saturated heterocycles. The third kappa shape index (κ3) is 11.1. The fraction of sp³-hybridized carbons (Fsp3) is 0. The number of aromatic nitrogens is 6. The van der Waals surface area contributed by atoms with Gasteiger partial charge in [-0.15, -0.1) is 22.7 Å². The summed E-state index contributed by atoms with van der Waals surface area (Å²) in [5, 5.41) is 9.90. The Hall–Kier alpha value is -13.5. The number of benzene rings is 15. The number of rotatable bonds is 11. The first kappa shape index (κ1) is 62.3. The van der Waals surface area contributed by atoms with Crippen molar-refractivity contribution in [1.29, 1.82) is 0 Å². The molecule has 0 aliphatic rings. The van der Waals surface area contributed by atoms with Gasteiger partial charge < -0.3 is 0 Å². The standard InChI is InChI=1S/C52H33N3S.C46H29N3S/c1-6-16-34(17-7-1)39-26-28-45-42(30-39)49-46(55(45)48-33-44(37-22-12-4-13-23-37)53-52(54-48)38-24-14-5-15-25-38)32-41(36-20-10-3-11-21-36)51-50(49)43-31-40(27-29-47(43)56-51)35-18-8-2-9-19-35;1-5-13-30(14-6-1)34-21-23-40-36(27-34)44-41(24-26-43-45(44)37-28-35(22-25-42(37)50-43)31-15-7-2-8-16-31)49(40)46-47-38(32-17-9-3-10-18-32)29-39(48-46)33-19-11-4-12-20-33/h1-33H;1-29H. The Bertz CT molecular complexity index is 6770. The topological polar surface area (TPSA) is 61.4 Å². The van der Waals surface area contributed by atoms with Crippen molar-refractivity contribution in [3.8, 4) is 113 Å². The maximum absolute atomic E-state index is 5.39. The summed E-state index contributed by atoms with van der Waals surface area (Å²) in [7, 11) is 0. The summed E-state index contributed by atoms with van der Waals surface area (Å²) in [6.07, 6.45) is 0. The van der Waals surface area contributed by atoms with E-state index >= 15 is 0 Å². The molecule has 0 radical (unpaired) electrons. The molecule has 6 nitrogen and oxygen atoms in total. The Morgan fingerprint density at radius 2 is 0.566 bits per heavy atom. The lowest BCUT2D eigenvalue weighted by Gasteiger charge is -2.13. The van der Waals surface area contributed by atoms with Crippen molar-refractivity contribution < 1.29 is 0 Å². The molecule has 0 atom stereocenters. The van der Waals surface area contributed by atoms with E-state index in [1.54, 1.807) is 0 Å². The molecule has 496 valence electrons. The van der Waals surface area contributed by atoms with Gasteiger partial charge in [-0.25, -0.2) is 19.9 Å². The normalized spacial score (nSPS) is 11.6. The smallest absolute Gasteiger partial charge is 0.235 e. The van der Waals surface area contributed by atoms with E-state index in [0.717, 1.165) is 67.2 Å². The molecule has 21 aromatic rings. The molecular weight excluding hydrogens is 1330 g/mol. The van der Waals surface area contributed by atoms with Crippen LogP contribution in [-0.2, 0) is 0 Å². The summed E-state index contributed by atoms with van der Waals surface area (Å²) in [5.41, 5.74) is 23.2. The van der Waals surface area contributed by atoms with E-state index in [1.807, 2.05) is 59.1 Å². The van der Waals surface area contributed by atoms with Gasteiger partial charge in [-0.3, -0.25) is 9.13 Å². The molecule has 0 amide bonds. The van der Waals surface area contributed by atoms with Crippen molar-refractivity contribution in [2.24, 2.45) is 0 Å². The van der Waals surface area contributed by atoms with Crippen LogP contribution in [-0.4, -0.2) is 29.1 Å².